The molecule has 0 spiro atoms. The molecule has 0 fully saturated rings. The van der Waals surface area contributed by atoms with E-state index in [0.717, 1.165) is 16.9 Å². The van der Waals surface area contributed by atoms with Gasteiger partial charge in [-0.2, -0.15) is 0 Å². The highest BCUT2D eigenvalue weighted by Gasteiger charge is 2.14. The first-order chi connectivity index (χ1) is 9.61. The third-order valence-corrected chi connectivity index (χ3v) is 3.86. The summed E-state index contributed by atoms with van der Waals surface area (Å²) in [6.45, 7) is 0. The van der Waals surface area contributed by atoms with Crippen molar-refractivity contribution in [1.29, 1.82) is 0 Å². The van der Waals surface area contributed by atoms with Gasteiger partial charge in [0.05, 0.1) is 13.2 Å². The first-order valence-electron chi connectivity index (χ1n) is 6.34. The highest BCUT2D eigenvalue weighted by atomic mass is 35.5. The van der Waals surface area contributed by atoms with Gasteiger partial charge in [0.25, 0.3) is 0 Å². The molecular weight excluding hydrogens is 295 g/mol. The van der Waals surface area contributed by atoms with Crippen LogP contribution in [0.25, 0.3) is 0 Å². The molecule has 0 aliphatic rings. The van der Waals surface area contributed by atoms with E-state index in [1.54, 1.807) is 25.3 Å². The van der Waals surface area contributed by atoms with E-state index in [1.807, 2.05) is 24.3 Å². The van der Waals surface area contributed by atoms with E-state index in [0.29, 0.717) is 22.9 Å². The molecule has 1 atom stereocenters. The molecule has 0 aliphatic carbocycles. The van der Waals surface area contributed by atoms with Crippen LogP contribution in [0.3, 0.4) is 0 Å². The van der Waals surface area contributed by atoms with Crippen LogP contribution in [0.15, 0.2) is 42.5 Å². The van der Waals surface area contributed by atoms with Gasteiger partial charge in [-0.05, 0) is 29.3 Å². The fourth-order valence-corrected chi connectivity index (χ4v) is 2.71. The van der Waals surface area contributed by atoms with Crippen molar-refractivity contribution < 1.29 is 9.84 Å². The van der Waals surface area contributed by atoms with Crippen LogP contribution in [-0.2, 0) is 12.8 Å². The van der Waals surface area contributed by atoms with E-state index in [4.69, 9.17) is 27.9 Å². The second kappa shape index (κ2) is 6.98. The summed E-state index contributed by atoms with van der Waals surface area (Å²) in [5.74, 6) is 0.775. The summed E-state index contributed by atoms with van der Waals surface area (Å²) in [4.78, 5) is 0. The van der Waals surface area contributed by atoms with Gasteiger partial charge >= 0.3 is 0 Å². The molecule has 0 radical (unpaired) electrons. The van der Waals surface area contributed by atoms with Crippen LogP contribution in [-0.4, -0.2) is 18.3 Å². The van der Waals surface area contributed by atoms with Crippen molar-refractivity contribution in [3.8, 4) is 5.75 Å². The molecule has 106 valence electrons. The third kappa shape index (κ3) is 3.66. The van der Waals surface area contributed by atoms with E-state index in [9.17, 15) is 5.11 Å². The predicted molar refractivity (Wildman–Crippen MR) is 82.9 cm³/mol. The lowest BCUT2D eigenvalue weighted by molar-refractivity contribution is 0.174. The molecule has 2 aromatic carbocycles. The SMILES string of the molecule is COc1ccccc1CC(O)Cc1c(Cl)cccc1Cl. The van der Waals surface area contributed by atoms with Crippen LogP contribution in [0.1, 0.15) is 11.1 Å². The monoisotopic (exact) mass is 310 g/mol. The molecule has 0 saturated heterocycles. The zero-order valence-corrected chi connectivity index (χ0v) is 12.7. The normalized spacial score (nSPS) is 12.2. The van der Waals surface area contributed by atoms with Gasteiger partial charge < -0.3 is 9.84 Å². The second-order valence-electron chi connectivity index (χ2n) is 4.57. The summed E-state index contributed by atoms with van der Waals surface area (Å²) in [7, 11) is 1.62. The average Bonchev–Trinajstić information content (AvgIpc) is 2.44. The Labute approximate surface area is 128 Å². The molecule has 0 bridgehead atoms. The fourth-order valence-electron chi connectivity index (χ4n) is 2.16. The lowest BCUT2D eigenvalue weighted by atomic mass is 10.0. The van der Waals surface area contributed by atoms with E-state index in [1.165, 1.54) is 0 Å². The molecule has 0 aliphatic heterocycles. The minimum atomic E-state index is -0.566. The maximum atomic E-state index is 10.3. The van der Waals surface area contributed by atoms with Gasteiger partial charge in [0.15, 0.2) is 0 Å². The molecule has 0 amide bonds. The summed E-state index contributed by atoms with van der Waals surface area (Å²) in [6, 6.07) is 13.0. The second-order valence-corrected chi connectivity index (χ2v) is 5.39. The van der Waals surface area contributed by atoms with Crippen LogP contribution < -0.4 is 4.74 Å². The topological polar surface area (TPSA) is 29.5 Å². The largest absolute Gasteiger partial charge is 0.496 e. The van der Waals surface area contributed by atoms with E-state index in [2.05, 4.69) is 0 Å². The molecule has 4 heteroatoms. The minimum Gasteiger partial charge on any atom is -0.496 e. The van der Waals surface area contributed by atoms with Gasteiger partial charge in [0, 0.05) is 22.9 Å². The number of aliphatic hydroxyl groups is 1. The number of benzene rings is 2. The quantitative estimate of drug-likeness (QED) is 0.899. The summed E-state index contributed by atoms with van der Waals surface area (Å²) in [5, 5.41) is 11.4. The Kier molecular flexibility index (Phi) is 5.30. The number of aliphatic hydroxyl groups excluding tert-OH is 1. The van der Waals surface area contributed by atoms with Gasteiger partial charge in [0.1, 0.15) is 5.75 Å². The van der Waals surface area contributed by atoms with Gasteiger partial charge in [-0.3, -0.25) is 0 Å². The fraction of sp³-hybridized carbons (Fsp3) is 0.250. The first-order valence-corrected chi connectivity index (χ1v) is 7.10. The Balaban J connectivity index is 2.11. The van der Waals surface area contributed by atoms with Crippen molar-refractivity contribution in [2.24, 2.45) is 0 Å². The zero-order valence-electron chi connectivity index (χ0n) is 11.1. The van der Waals surface area contributed by atoms with Crippen molar-refractivity contribution >= 4 is 23.2 Å². The number of rotatable bonds is 5. The van der Waals surface area contributed by atoms with Gasteiger partial charge in [-0.25, -0.2) is 0 Å². The number of hydrogen-bond acceptors (Lipinski definition) is 2. The smallest absolute Gasteiger partial charge is 0.122 e. The minimum absolute atomic E-state index is 0.413. The maximum Gasteiger partial charge on any atom is 0.122 e. The molecule has 0 saturated carbocycles. The van der Waals surface area contributed by atoms with Crippen LogP contribution in [0, 0.1) is 0 Å². The number of ether oxygens (including phenoxy) is 1. The Hall–Kier alpha value is -1.22. The van der Waals surface area contributed by atoms with Crippen molar-refractivity contribution in [2.45, 2.75) is 18.9 Å². The molecule has 0 heterocycles. The summed E-state index contributed by atoms with van der Waals surface area (Å²) in [6.07, 6.45) is 0.339. The highest BCUT2D eigenvalue weighted by molar-refractivity contribution is 6.35. The standard InChI is InChI=1S/C16H16Cl2O2/c1-20-16-8-3-2-5-11(16)9-12(19)10-13-14(17)6-4-7-15(13)18/h2-8,12,19H,9-10H2,1H3. The van der Waals surface area contributed by atoms with E-state index < -0.39 is 6.10 Å². The highest BCUT2D eigenvalue weighted by Crippen LogP contribution is 2.27. The van der Waals surface area contributed by atoms with Gasteiger partial charge in [-0.15, -0.1) is 0 Å². The van der Waals surface area contributed by atoms with Gasteiger partial charge in [-0.1, -0.05) is 47.5 Å². The van der Waals surface area contributed by atoms with E-state index in [-0.39, 0.29) is 0 Å². The third-order valence-electron chi connectivity index (χ3n) is 3.15. The number of halogens is 2. The molecule has 2 rings (SSSR count). The summed E-state index contributed by atoms with van der Waals surface area (Å²) in [5.41, 5.74) is 1.74. The molecule has 20 heavy (non-hydrogen) atoms. The summed E-state index contributed by atoms with van der Waals surface area (Å²) < 4.78 is 5.28. The molecule has 1 N–H and O–H groups in total. The zero-order chi connectivity index (χ0) is 14.5. The van der Waals surface area contributed by atoms with Crippen molar-refractivity contribution in [2.75, 3.05) is 7.11 Å². The molecular formula is C16H16Cl2O2. The van der Waals surface area contributed by atoms with Crippen LogP contribution >= 0.6 is 23.2 Å². The number of hydrogen-bond donors (Lipinski definition) is 1. The number of methoxy groups -OCH3 is 1. The molecule has 1 unspecified atom stereocenters. The maximum absolute atomic E-state index is 10.3. The molecule has 0 aromatic heterocycles. The molecule has 2 nitrogen and oxygen atoms in total. The van der Waals surface area contributed by atoms with Gasteiger partial charge in [0.2, 0.25) is 0 Å². The Morgan fingerprint density at radius 3 is 2.30 bits per heavy atom. The van der Waals surface area contributed by atoms with Crippen LogP contribution in [0.4, 0.5) is 0 Å². The van der Waals surface area contributed by atoms with Crippen LogP contribution in [0.5, 0.6) is 5.75 Å². The Bertz CT molecular complexity index is 564. The summed E-state index contributed by atoms with van der Waals surface area (Å²) >= 11 is 12.2. The van der Waals surface area contributed by atoms with Crippen molar-refractivity contribution in [3.63, 3.8) is 0 Å². The average molecular weight is 311 g/mol. The first kappa shape index (κ1) is 15.2. The molecule has 2 aromatic rings. The Morgan fingerprint density at radius 2 is 1.65 bits per heavy atom. The van der Waals surface area contributed by atoms with Crippen molar-refractivity contribution in [1.82, 2.24) is 0 Å². The van der Waals surface area contributed by atoms with Crippen molar-refractivity contribution in [3.05, 3.63) is 63.6 Å². The van der Waals surface area contributed by atoms with Crippen LogP contribution in [0.2, 0.25) is 10.0 Å². The Morgan fingerprint density at radius 1 is 1.00 bits per heavy atom. The number of para-hydroxylation sites is 1. The lowest BCUT2D eigenvalue weighted by Crippen LogP contribution is -2.15. The van der Waals surface area contributed by atoms with E-state index >= 15 is 0 Å². The predicted octanol–water partition coefficient (Wildman–Crippen LogP) is 4.15. The lowest BCUT2D eigenvalue weighted by Gasteiger charge is -2.15.